The average molecular weight is 690 g/mol. The van der Waals surface area contributed by atoms with Crippen LogP contribution in [0.25, 0.3) is 11.3 Å². The smallest absolute Gasteiger partial charge is 0.297 e. The number of likely N-dealkylation sites (N-methyl/N-ethyl adjacent to an activating group) is 1. The van der Waals surface area contributed by atoms with E-state index in [1.807, 2.05) is 57.8 Å². The first-order valence-electron chi connectivity index (χ1n) is 16.6. The monoisotopic (exact) mass is 689 g/mol. The van der Waals surface area contributed by atoms with Crippen molar-refractivity contribution in [2.75, 3.05) is 36.4 Å². The van der Waals surface area contributed by atoms with Gasteiger partial charge in [0, 0.05) is 49.0 Å². The van der Waals surface area contributed by atoms with Crippen molar-refractivity contribution >= 4 is 27.8 Å². The van der Waals surface area contributed by atoms with Gasteiger partial charge in [0.05, 0.1) is 35.6 Å². The van der Waals surface area contributed by atoms with Gasteiger partial charge in [0.15, 0.2) is 5.78 Å². The number of nitrogens with one attached hydrogen (secondary N) is 1. The molecule has 2 atom stereocenters. The fourth-order valence-electron chi connectivity index (χ4n) is 6.18. The summed E-state index contributed by atoms with van der Waals surface area (Å²) in [6.45, 7) is 15.5. The van der Waals surface area contributed by atoms with Crippen molar-refractivity contribution in [3.8, 4) is 17.1 Å². The van der Waals surface area contributed by atoms with E-state index < -0.39 is 15.9 Å². The van der Waals surface area contributed by atoms with Crippen molar-refractivity contribution in [3.05, 3.63) is 77.2 Å². The zero-order valence-corrected chi connectivity index (χ0v) is 30.4. The maximum absolute atomic E-state index is 14.5. The third-order valence-corrected chi connectivity index (χ3v) is 9.82. The molecule has 0 radical (unpaired) electrons. The highest BCUT2D eigenvalue weighted by Crippen LogP contribution is 2.35. The maximum atomic E-state index is 14.5. The lowest BCUT2D eigenvalue weighted by Crippen LogP contribution is -2.33. The third-order valence-electron chi connectivity index (χ3n) is 8.49. The van der Waals surface area contributed by atoms with Gasteiger partial charge < -0.3 is 18.8 Å². The molecule has 0 fully saturated rings. The Balaban J connectivity index is 1.58. The number of benzene rings is 2. The number of sulfonamides is 1. The number of hydrogen-bond donors (Lipinski definition) is 1. The first-order chi connectivity index (χ1) is 23.1. The minimum atomic E-state index is -4.17. The fourth-order valence-corrected chi connectivity index (χ4v) is 7.17. The van der Waals surface area contributed by atoms with E-state index in [4.69, 9.17) is 18.9 Å². The van der Waals surface area contributed by atoms with E-state index in [0.717, 1.165) is 16.7 Å². The topological polar surface area (TPSA) is 137 Å². The molecule has 0 saturated heterocycles. The zero-order chi connectivity index (χ0) is 35.5. The molecule has 0 amide bonds. The molecule has 0 saturated carbocycles. The van der Waals surface area contributed by atoms with Crippen molar-refractivity contribution < 1.29 is 27.1 Å². The molecule has 11 nitrogen and oxygen atoms in total. The highest BCUT2D eigenvalue weighted by atomic mass is 32.2. The van der Waals surface area contributed by atoms with Crippen LogP contribution < -0.4 is 14.4 Å². The van der Waals surface area contributed by atoms with Gasteiger partial charge in [-0.2, -0.15) is 9.97 Å². The number of ketones is 1. The number of carbonyl (C=O) groups is 1. The standard InChI is InChI=1S/C37H47N5O6S/c1-23(2)46-16-15-42(8)36-38-28(22-48-36)18-30-27(20-37(5,6)7)21-47-32-19-31(33-24(3)11-9-12-25(33)4)39-35(40-32)41-49(44,45)29-14-10-13-26(17-29)34(30)43/h9-14,17,19,22-23,27,30H,15-16,18,20-21H2,1-8H3,(H,39,40,41)/t27-,30?/m1/s1. The molecule has 1 aliphatic rings. The van der Waals surface area contributed by atoms with E-state index in [1.54, 1.807) is 24.5 Å². The molecule has 2 aromatic heterocycles. The summed E-state index contributed by atoms with van der Waals surface area (Å²) in [5.74, 6) is -1.02. The van der Waals surface area contributed by atoms with Crippen molar-refractivity contribution in [1.82, 2.24) is 15.0 Å². The number of hydrogen-bond acceptors (Lipinski definition) is 10. The highest BCUT2D eigenvalue weighted by Gasteiger charge is 2.35. The van der Waals surface area contributed by atoms with Gasteiger partial charge in [0.25, 0.3) is 16.0 Å². The molecular weight excluding hydrogens is 643 g/mol. The summed E-state index contributed by atoms with van der Waals surface area (Å²) in [4.78, 5) is 30.1. The van der Waals surface area contributed by atoms with Crippen LogP contribution in [0, 0.1) is 31.1 Å². The third kappa shape index (κ3) is 9.04. The minimum Gasteiger partial charge on any atom is -0.477 e. The molecule has 2 aromatic carbocycles. The number of ether oxygens (including phenoxy) is 2. The predicted octanol–water partition coefficient (Wildman–Crippen LogP) is 6.90. The summed E-state index contributed by atoms with van der Waals surface area (Å²) < 4.78 is 47.8. The summed E-state index contributed by atoms with van der Waals surface area (Å²) in [5.41, 5.74) is 4.07. The number of aromatic nitrogens is 3. The van der Waals surface area contributed by atoms with Crippen LogP contribution in [0.2, 0.25) is 0 Å². The Labute approximate surface area is 289 Å². The largest absolute Gasteiger partial charge is 0.477 e. The quantitative estimate of drug-likeness (QED) is 0.198. The summed E-state index contributed by atoms with van der Waals surface area (Å²) in [6.07, 6.45) is 2.60. The molecule has 49 heavy (non-hydrogen) atoms. The van der Waals surface area contributed by atoms with Crippen molar-refractivity contribution in [3.63, 3.8) is 0 Å². The number of carbonyl (C=O) groups excluding carboxylic acids is 1. The first-order valence-corrected chi connectivity index (χ1v) is 18.1. The minimum absolute atomic E-state index is 0.0683. The lowest BCUT2D eigenvalue weighted by Gasteiger charge is -2.31. The SMILES string of the molecule is Cc1cccc(C)c1-c1cc2nc(n1)NS(=O)(=O)c1cccc(c1)C(=O)C(Cc1coc(N(C)CCOC(C)C)n1)[C@H](CC(C)(C)C)CO2. The second-order valence-electron chi connectivity index (χ2n) is 14.3. The van der Waals surface area contributed by atoms with Gasteiger partial charge in [0.1, 0.15) is 6.26 Å². The van der Waals surface area contributed by atoms with Crippen LogP contribution in [-0.4, -0.2) is 62.1 Å². The van der Waals surface area contributed by atoms with E-state index in [2.05, 4.69) is 35.5 Å². The predicted molar refractivity (Wildman–Crippen MR) is 190 cm³/mol. The molecule has 1 aliphatic heterocycles. The van der Waals surface area contributed by atoms with Crippen molar-refractivity contribution in [2.45, 2.75) is 72.3 Å². The van der Waals surface area contributed by atoms with E-state index in [9.17, 15) is 13.2 Å². The second-order valence-corrected chi connectivity index (χ2v) is 16.0. The zero-order valence-electron chi connectivity index (χ0n) is 29.6. The molecular formula is C37H47N5O6S. The summed E-state index contributed by atoms with van der Waals surface area (Å²) in [5, 5.41) is 0. The van der Waals surface area contributed by atoms with Crippen LogP contribution in [0.1, 0.15) is 68.2 Å². The Kier molecular flexibility index (Phi) is 10.8. The van der Waals surface area contributed by atoms with Crippen LogP contribution >= 0.6 is 0 Å². The van der Waals surface area contributed by atoms with Gasteiger partial charge in [-0.15, -0.1) is 0 Å². The average Bonchev–Trinajstić information content (AvgIpc) is 3.49. The number of rotatable bonds is 9. The first kappa shape index (κ1) is 36.0. The van der Waals surface area contributed by atoms with Crippen LogP contribution in [0.15, 0.2) is 64.1 Å². The molecule has 1 unspecified atom stereocenters. The Hall–Kier alpha value is -4.29. The van der Waals surface area contributed by atoms with Crippen LogP contribution in [-0.2, 0) is 21.2 Å². The molecule has 12 heteroatoms. The lowest BCUT2D eigenvalue weighted by atomic mass is 9.74. The van der Waals surface area contributed by atoms with Gasteiger partial charge in [-0.1, -0.05) is 51.1 Å². The van der Waals surface area contributed by atoms with Crippen molar-refractivity contribution in [1.29, 1.82) is 0 Å². The summed E-state index contributed by atoms with van der Waals surface area (Å²) in [6, 6.07) is 14.2. The molecule has 3 heterocycles. The van der Waals surface area contributed by atoms with Crippen LogP contribution in [0.3, 0.4) is 0 Å². The van der Waals surface area contributed by atoms with Gasteiger partial charge in [-0.25, -0.2) is 18.1 Å². The lowest BCUT2D eigenvalue weighted by molar-refractivity contribution is 0.0769. The molecule has 4 bridgehead atoms. The normalized spacial score (nSPS) is 17.8. The Bertz CT molecular complexity index is 1880. The molecule has 262 valence electrons. The number of oxazole rings is 1. The van der Waals surface area contributed by atoms with E-state index in [-0.39, 0.29) is 58.5 Å². The van der Waals surface area contributed by atoms with Gasteiger partial charge in [-0.05, 0) is 62.8 Å². The number of nitrogens with zero attached hydrogens (tertiary/aromatic N) is 4. The molecule has 5 rings (SSSR count). The van der Waals surface area contributed by atoms with Crippen LogP contribution in [0.5, 0.6) is 5.88 Å². The molecule has 1 N–H and O–H groups in total. The molecule has 0 spiro atoms. The maximum Gasteiger partial charge on any atom is 0.297 e. The number of fused-ring (bicyclic) bond motifs is 4. The Morgan fingerprint density at radius 3 is 2.45 bits per heavy atom. The highest BCUT2D eigenvalue weighted by molar-refractivity contribution is 7.92. The van der Waals surface area contributed by atoms with Gasteiger partial charge >= 0.3 is 0 Å². The Morgan fingerprint density at radius 1 is 1.04 bits per heavy atom. The summed E-state index contributed by atoms with van der Waals surface area (Å²) in [7, 11) is -2.29. The summed E-state index contributed by atoms with van der Waals surface area (Å²) >= 11 is 0. The number of anilines is 2. The van der Waals surface area contributed by atoms with E-state index in [1.165, 1.54) is 12.1 Å². The van der Waals surface area contributed by atoms with E-state index >= 15 is 0 Å². The number of aryl methyl sites for hydroxylation is 2. The van der Waals surface area contributed by atoms with E-state index in [0.29, 0.717) is 37.0 Å². The second kappa shape index (κ2) is 14.7. The Morgan fingerprint density at radius 2 is 1.76 bits per heavy atom. The molecule has 0 aliphatic carbocycles. The molecule has 4 aromatic rings. The van der Waals surface area contributed by atoms with Gasteiger partial charge in [0.2, 0.25) is 11.8 Å². The van der Waals surface area contributed by atoms with Crippen molar-refractivity contribution in [2.24, 2.45) is 17.3 Å². The van der Waals surface area contributed by atoms with Crippen LogP contribution in [0.4, 0.5) is 12.0 Å². The fraction of sp³-hybridized carbons (Fsp3) is 0.459. The number of Topliss-reactive ketones (excluding diaryl/α,β-unsaturated/α-hetero) is 1. The van der Waals surface area contributed by atoms with Gasteiger partial charge in [-0.3, -0.25) is 4.79 Å².